The lowest BCUT2D eigenvalue weighted by Gasteiger charge is -2.34. The molecule has 2 rings (SSSR count). The predicted molar refractivity (Wildman–Crippen MR) is 157 cm³/mol. The van der Waals surface area contributed by atoms with Gasteiger partial charge < -0.3 is 34.8 Å². The number of carbonyl (C=O) groups is 3. The number of aryl methyl sites for hydroxylation is 2. The van der Waals surface area contributed by atoms with Crippen LogP contribution in [0.15, 0.2) is 17.0 Å². The highest BCUT2D eigenvalue weighted by Gasteiger charge is 2.38. The molecule has 3 N–H and O–H groups in total. The number of carboxylic acids is 2. The normalized spacial score (nSPS) is 14.1. The standard InChI is InChI=1S/C23H40N4O5S.2C2HF3O2/c1-19-15-21(31-5)16-20(2)23(19)33(29,30)18-24-7-14-32-17-22(28)27-12-10-26(11-13-27)9-6-8-25(3)4;2*3-2(4,5)1(6)7/h15-16,24H,6-14,17-18H2,1-5H3;2*(H,6,7). The molecule has 0 spiro atoms. The van der Waals surface area contributed by atoms with Crippen LogP contribution in [0.4, 0.5) is 26.3 Å². The van der Waals surface area contributed by atoms with E-state index in [1.54, 1.807) is 33.1 Å². The summed E-state index contributed by atoms with van der Waals surface area (Å²) in [6.45, 7) is 9.52. The van der Waals surface area contributed by atoms with Gasteiger partial charge in [0.2, 0.25) is 5.91 Å². The Morgan fingerprint density at radius 1 is 0.936 bits per heavy atom. The van der Waals surface area contributed by atoms with Gasteiger partial charge in [-0.1, -0.05) is 0 Å². The molecule has 0 aromatic heterocycles. The number of methoxy groups -OCH3 is 1. The number of halogens is 6. The minimum Gasteiger partial charge on any atom is -0.497 e. The van der Waals surface area contributed by atoms with Gasteiger partial charge >= 0.3 is 24.3 Å². The molecular formula is C27H42F6N4O9S. The minimum atomic E-state index is -5.08. The largest absolute Gasteiger partial charge is 0.497 e. The Kier molecular flexibility index (Phi) is 18.9. The van der Waals surface area contributed by atoms with E-state index in [1.165, 1.54) is 0 Å². The van der Waals surface area contributed by atoms with Crippen molar-refractivity contribution in [3.8, 4) is 5.75 Å². The molecule has 1 aromatic rings. The molecule has 0 unspecified atom stereocenters. The zero-order valence-electron chi connectivity index (χ0n) is 26.7. The molecule has 0 radical (unpaired) electrons. The van der Waals surface area contributed by atoms with E-state index in [0.29, 0.717) is 28.3 Å². The first-order valence-electron chi connectivity index (χ1n) is 13.9. The highest BCUT2D eigenvalue weighted by Crippen LogP contribution is 2.26. The van der Waals surface area contributed by atoms with Gasteiger partial charge in [0.25, 0.3) is 0 Å². The summed E-state index contributed by atoms with van der Waals surface area (Å²) >= 11 is 0. The van der Waals surface area contributed by atoms with Crippen LogP contribution < -0.4 is 10.1 Å². The van der Waals surface area contributed by atoms with E-state index in [2.05, 4.69) is 29.2 Å². The van der Waals surface area contributed by atoms with Crippen LogP contribution in [0.3, 0.4) is 0 Å². The SMILES string of the molecule is COc1cc(C)c(S(=O)(=O)CNCCOCC(=O)N2CCN(CCCN(C)C)CC2)c(C)c1.O=C(O)C(F)(F)F.O=C(O)C(F)(F)F. The van der Waals surface area contributed by atoms with Crippen LogP contribution in [-0.2, 0) is 29.0 Å². The van der Waals surface area contributed by atoms with E-state index in [0.717, 1.165) is 45.7 Å². The van der Waals surface area contributed by atoms with Crippen molar-refractivity contribution < 1.29 is 68.8 Å². The van der Waals surface area contributed by atoms with E-state index in [1.807, 2.05) is 4.90 Å². The maximum absolute atomic E-state index is 12.7. The number of carboxylic acid groups (broad SMARTS) is 2. The van der Waals surface area contributed by atoms with Crippen molar-refractivity contribution in [1.29, 1.82) is 0 Å². The summed E-state index contributed by atoms with van der Waals surface area (Å²) in [6, 6.07) is 3.44. The molecule has 1 amide bonds. The van der Waals surface area contributed by atoms with E-state index >= 15 is 0 Å². The van der Waals surface area contributed by atoms with Crippen LogP contribution in [0.2, 0.25) is 0 Å². The number of carbonyl (C=O) groups excluding carboxylic acids is 1. The number of alkyl halides is 6. The molecule has 1 aliphatic heterocycles. The lowest BCUT2D eigenvalue weighted by Crippen LogP contribution is -2.50. The van der Waals surface area contributed by atoms with Crippen LogP contribution >= 0.6 is 0 Å². The second-order valence-electron chi connectivity index (χ2n) is 10.4. The molecule has 1 heterocycles. The van der Waals surface area contributed by atoms with Gasteiger partial charge in [-0.2, -0.15) is 26.3 Å². The molecule has 1 aliphatic rings. The Balaban J connectivity index is 0.00000126. The summed E-state index contributed by atoms with van der Waals surface area (Å²) < 4.78 is 99.6. The molecular weight excluding hydrogens is 670 g/mol. The van der Waals surface area contributed by atoms with Gasteiger partial charge in [-0.15, -0.1) is 0 Å². The smallest absolute Gasteiger partial charge is 0.490 e. The van der Waals surface area contributed by atoms with E-state index in [-0.39, 0.29) is 25.0 Å². The van der Waals surface area contributed by atoms with E-state index in [9.17, 15) is 39.6 Å². The number of aliphatic carboxylic acids is 2. The zero-order chi connectivity index (χ0) is 36.6. The van der Waals surface area contributed by atoms with E-state index in [4.69, 9.17) is 29.3 Å². The van der Waals surface area contributed by atoms with Crippen molar-refractivity contribution in [2.24, 2.45) is 0 Å². The average Bonchev–Trinajstić information content (AvgIpc) is 2.94. The molecule has 1 saturated heterocycles. The van der Waals surface area contributed by atoms with Gasteiger partial charge in [0.05, 0.1) is 18.6 Å². The number of sulfone groups is 1. The summed E-state index contributed by atoms with van der Waals surface area (Å²) in [5.74, 6) is -5.07. The first kappa shape index (κ1) is 43.8. The molecule has 47 heavy (non-hydrogen) atoms. The Morgan fingerprint density at radius 2 is 1.40 bits per heavy atom. The van der Waals surface area contributed by atoms with Crippen LogP contribution in [0, 0.1) is 13.8 Å². The third-order valence-corrected chi connectivity index (χ3v) is 8.06. The van der Waals surface area contributed by atoms with Crippen LogP contribution in [0.25, 0.3) is 0 Å². The molecule has 1 aromatic carbocycles. The highest BCUT2D eigenvalue weighted by molar-refractivity contribution is 7.91. The van der Waals surface area contributed by atoms with Crippen molar-refractivity contribution in [2.45, 2.75) is 37.5 Å². The fourth-order valence-corrected chi connectivity index (χ4v) is 5.68. The van der Waals surface area contributed by atoms with Crippen LogP contribution in [-0.4, -0.2) is 150 Å². The van der Waals surface area contributed by atoms with Gasteiger partial charge in [0.1, 0.15) is 18.2 Å². The number of rotatable bonds is 13. The minimum absolute atomic E-state index is 0.0138. The van der Waals surface area contributed by atoms with Crippen molar-refractivity contribution in [3.63, 3.8) is 0 Å². The number of nitrogens with one attached hydrogen (secondary N) is 1. The first-order valence-corrected chi connectivity index (χ1v) is 15.6. The summed E-state index contributed by atoms with van der Waals surface area (Å²) in [7, 11) is 2.22. The fourth-order valence-electron chi connectivity index (χ4n) is 4.02. The highest BCUT2D eigenvalue weighted by atomic mass is 32.2. The predicted octanol–water partition coefficient (Wildman–Crippen LogP) is 2.01. The lowest BCUT2D eigenvalue weighted by molar-refractivity contribution is -0.193. The van der Waals surface area contributed by atoms with Crippen molar-refractivity contribution in [2.75, 3.05) is 86.1 Å². The third-order valence-electron chi connectivity index (χ3n) is 6.21. The Morgan fingerprint density at radius 3 is 1.81 bits per heavy atom. The number of hydrogen-bond donors (Lipinski definition) is 3. The van der Waals surface area contributed by atoms with Crippen molar-refractivity contribution in [1.82, 2.24) is 20.0 Å². The summed E-state index contributed by atoms with van der Waals surface area (Å²) in [5.41, 5.74) is 1.32. The molecule has 0 saturated carbocycles. The second kappa shape index (κ2) is 20.2. The van der Waals surface area contributed by atoms with Gasteiger partial charge in [-0.05, 0) is 70.7 Å². The molecule has 13 nitrogen and oxygen atoms in total. The molecule has 0 bridgehead atoms. The number of nitrogens with zero attached hydrogens (tertiary/aromatic N) is 3. The monoisotopic (exact) mass is 712 g/mol. The summed E-state index contributed by atoms with van der Waals surface area (Å²) in [4.78, 5) is 36.9. The van der Waals surface area contributed by atoms with Gasteiger partial charge in [0.15, 0.2) is 9.84 Å². The number of benzene rings is 1. The quantitative estimate of drug-likeness (QED) is 0.202. The van der Waals surface area contributed by atoms with Gasteiger partial charge in [-0.3, -0.25) is 9.69 Å². The van der Waals surface area contributed by atoms with Crippen LogP contribution in [0.1, 0.15) is 17.5 Å². The maximum atomic E-state index is 12.7. The Labute approximate surface area is 269 Å². The molecule has 1 fully saturated rings. The first-order chi connectivity index (χ1) is 21.5. The Hall–Kier alpha value is -3.20. The number of piperazine rings is 1. The molecule has 0 atom stereocenters. The van der Waals surface area contributed by atoms with E-state index < -0.39 is 34.1 Å². The summed E-state index contributed by atoms with van der Waals surface area (Å²) in [5, 5.41) is 17.2. The van der Waals surface area contributed by atoms with Gasteiger partial charge in [-0.25, -0.2) is 18.0 Å². The topological polar surface area (TPSA) is 166 Å². The number of ether oxygens (including phenoxy) is 2. The second-order valence-corrected chi connectivity index (χ2v) is 12.3. The Bertz CT molecular complexity index is 1210. The number of amides is 1. The fraction of sp³-hybridized carbons (Fsp3) is 0.667. The van der Waals surface area contributed by atoms with Crippen molar-refractivity contribution in [3.05, 3.63) is 23.3 Å². The van der Waals surface area contributed by atoms with Gasteiger partial charge in [0, 0.05) is 32.7 Å². The molecule has 20 heteroatoms. The summed E-state index contributed by atoms with van der Waals surface area (Å²) in [6.07, 6.45) is -9.04. The lowest BCUT2D eigenvalue weighted by atomic mass is 10.1. The molecule has 272 valence electrons. The number of hydrogen-bond acceptors (Lipinski definition) is 10. The van der Waals surface area contributed by atoms with Crippen molar-refractivity contribution >= 4 is 27.7 Å². The molecule has 0 aliphatic carbocycles. The maximum Gasteiger partial charge on any atom is 0.490 e. The average molecular weight is 713 g/mol. The van der Waals surface area contributed by atoms with Crippen LogP contribution in [0.5, 0.6) is 5.75 Å². The third kappa shape index (κ3) is 18.1. The zero-order valence-corrected chi connectivity index (χ0v) is 27.5.